The van der Waals surface area contributed by atoms with Crippen LogP contribution < -0.4 is 5.32 Å². The maximum atomic E-state index is 12.9. The van der Waals surface area contributed by atoms with Crippen LogP contribution in [0.5, 0.6) is 0 Å². The van der Waals surface area contributed by atoms with Gasteiger partial charge in [0.15, 0.2) is 0 Å². The van der Waals surface area contributed by atoms with Crippen LogP contribution in [0.4, 0.5) is 0 Å². The Balaban J connectivity index is 1.73. The molecular formula is C19H25N5O3. The Kier molecular flexibility index (Phi) is 5.85. The molecule has 0 saturated carbocycles. The van der Waals surface area contributed by atoms with Crippen LogP contribution in [0.3, 0.4) is 0 Å². The van der Waals surface area contributed by atoms with E-state index in [-0.39, 0.29) is 11.8 Å². The first-order valence-corrected chi connectivity index (χ1v) is 9.06. The molecule has 1 aliphatic heterocycles. The molecule has 0 radical (unpaired) electrons. The molecule has 3 rings (SSSR count). The molecule has 1 fully saturated rings. The Bertz CT molecular complexity index is 765. The fourth-order valence-electron chi connectivity index (χ4n) is 3.37. The molecule has 0 aliphatic carbocycles. The van der Waals surface area contributed by atoms with Crippen LogP contribution in [0, 0.1) is 6.92 Å². The fourth-order valence-corrected chi connectivity index (χ4v) is 3.37. The number of amides is 2. The Morgan fingerprint density at radius 3 is 2.67 bits per heavy atom. The van der Waals surface area contributed by atoms with Gasteiger partial charge in [0, 0.05) is 51.0 Å². The summed E-state index contributed by atoms with van der Waals surface area (Å²) in [6.45, 7) is 3.73. The van der Waals surface area contributed by atoms with E-state index in [1.165, 1.54) is 0 Å². The highest BCUT2D eigenvalue weighted by atomic mass is 16.5. The van der Waals surface area contributed by atoms with Gasteiger partial charge in [-0.3, -0.25) is 19.3 Å². The van der Waals surface area contributed by atoms with E-state index in [9.17, 15) is 9.59 Å². The van der Waals surface area contributed by atoms with Gasteiger partial charge in [-0.1, -0.05) is 0 Å². The van der Waals surface area contributed by atoms with Crippen molar-refractivity contribution in [2.75, 3.05) is 33.4 Å². The summed E-state index contributed by atoms with van der Waals surface area (Å²) >= 11 is 0. The second kappa shape index (κ2) is 8.30. The van der Waals surface area contributed by atoms with Crippen molar-refractivity contribution in [1.29, 1.82) is 0 Å². The average Bonchev–Trinajstić information content (AvgIpc) is 3.23. The molecule has 1 aliphatic rings. The number of nitrogens with one attached hydrogen (secondary N) is 1. The number of methoxy groups -OCH3 is 1. The van der Waals surface area contributed by atoms with Crippen molar-refractivity contribution in [2.45, 2.75) is 25.3 Å². The maximum Gasteiger partial charge on any atom is 0.255 e. The molecule has 3 heterocycles. The molecule has 0 atom stereocenters. The van der Waals surface area contributed by atoms with Gasteiger partial charge in [-0.15, -0.1) is 0 Å². The number of aryl methyl sites for hydroxylation is 1. The van der Waals surface area contributed by atoms with Crippen LogP contribution in [0.15, 0.2) is 36.8 Å². The highest BCUT2D eigenvalue weighted by molar-refractivity contribution is 5.94. The zero-order valence-corrected chi connectivity index (χ0v) is 15.7. The Morgan fingerprint density at radius 2 is 2.07 bits per heavy atom. The SMILES string of the molecule is COCCNC(=O)C1(n2cccn2)CCN(C(=O)c2ccc(C)nc2)CC1. The third-order valence-corrected chi connectivity index (χ3v) is 4.99. The van der Waals surface area contributed by atoms with E-state index < -0.39 is 5.54 Å². The van der Waals surface area contributed by atoms with Gasteiger partial charge in [-0.2, -0.15) is 5.10 Å². The van der Waals surface area contributed by atoms with Gasteiger partial charge >= 0.3 is 0 Å². The van der Waals surface area contributed by atoms with E-state index in [4.69, 9.17) is 4.74 Å². The number of carbonyl (C=O) groups is 2. The summed E-state index contributed by atoms with van der Waals surface area (Å²) in [6, 6.07) is 5.42. The maximum absolute atomic E-state index is 12.9. The van der Waals surface area contributed by atoms with Crippen LogP contribution >= 0.6 is 0 Å². The number of hydrogen-bond acceptors (Lipinski definition) is 5. The summed E-state index contributed by atoms with van der Waals surface area (Å²) in [6.07, 6.45) is 6.07. The average molecular weight is 371 g/mol. The summed E-state index contributed by atoms with van der Waals surface area (Å²) in [7, 11) is 1.60. The number of carbonyl (C=O) groups excluding carboxylic acids is 2. The molecule has 1 saturated heterocycles. The zero-order chi connectivity index (χ0) is 19.3. The summed E-state index contributed by atoms with van der Waals surface area (Å²) in [5, 5.41) is 7.24. The third kappa shape index (κ3) is 4.00. The van der Waals surface area contributed by atoms with Gasteiger partial charge in [0.05, 0.1) is 12.2 Å². The molecule has 0 spiro atoms. The standard InChI is InChI=1S/C19H25N5O3/c1-15-4-5-16(14-21-15)17(25)23-11-6-19(7-12-23,24-10-3-8-22-24)18(26)20-9-13-27-2/h3-5,8,10,14H,6-7,9,11-13H2,1-2H3,(H,20,26). The number of likely N-dealkylation sites (tertiary alicyclic amines) is 1. The topological polar surface area (TPSA) is 89.4 Å². The molecule has 27 heavy (non-hydrogen) atoms. The minimum absolute atomic E-state index is 0.0589. The third-order valence-electron chi connectivity index (χ3n) is 4.99. The van der Waals surface area contributed by atoms with Gasteiger partial charge in [0.25, 0.3) is 5.91 Å². The lowest BCUT2D eigenvalue weighted by atomic mass is 9.86. The molecule has 8 nitrogen and oxygen atoms in total. The number of ether oxygens (including phenoxy) is 1. The second-order valence-corrected chi connectivity index (χ2v) is 6.71. The molecule has 2 aromatic heterocycles. The van der Waals surface area contributed by atoms with Crippen molar-refractivity contribution in [3.05, 3.63) is 48.0 Å². The van der Waals surface area contributed by atoms with E-state index in [0.29, 0.717) is 44.6 Å². The van der Waals surface area contributed by atoms with Crippen molar-refractivity contribution in [1.82, 2.24) is 25.0 Å². The van der Waals surface area contributed by atoms with E-state index in [1.54, 1.807) is 47.4 Å². The zero-order valence-electron chi connectivity index (χ0n) is 15.7. The van der Waals surface area contributed by atoms with Crippen molar-refractivity contribution >= 4 is 11.8 Å². The van der Waals surface area contributed by atoms with Gasteiger partial charge in [0.1, 0.15) is 5.54 Å². The lowest BCUT2D eigenvalue weighted by molar-refractivity contribution is -0.133. The van der Waals surface area contributed by atoms with Gasteiger partial charge in [-0.25, -0.2) is 0 Å². The first-order chi connectivity index (χ1) is 13.1. The molecule has 0 unspecified atom stereocenters. The van der Waals surface area contributed by atoms with Crippen molar-refractivity contribution in [3.8, 4) is 0 Å². The fraction of sp³-hybridized carbons (Fsp3) is 0.474. The highest BCUT2D eigenvalue weighted by Crippen LogP contribution is 2.30. The smallest absolute Gasteiger partial charge is 0.255 e. The van der Waals surface area contributed by atoms with Crippen LogP contribution in [-0.2, 0) is 15.1 Å². The van der Waals surface area contributed by atoms with Crippen LogP contribution in [0.1, 0.15) is 28.9 Å². The largest absolute Gasteiger partial charge is 0.383 e. The lowest BCUT2D eigenvalue weighted by Crippen LogP contribution is -2.56. The first kappa shape index (κ1) is 19.0. The number of piperidine rings is 1. The van der Waals surface area contributed by atoms with Gasteiger partial charge in [-0.05, 0) is 38.0 Å². The monoisotopic (exact) mass is 371 g/mol. The predicted octanol–water partition coefficient (Wildman–Crippen LogP) is 0.981. The number of hydrogen-bond donors (Lipinski definition) is 1. The molecule has 2 amide bonds. The number of aromatic nitrogens is 3. The van der Waals surface area contributed by atoms with Crippen LogP contribution in [0.2, 0.25) is 0 Å². The van der Waals surface area contributed by atoms with Gasteiger partial charge < -0.3 is 15.0 Å². The molecule has 0 bridgehead atoms. The van der Waals surface area contributed by atoms with E-state index in [0.717, 1.165) is 5.69 Å². The Hall–Kier alpha value is -2.74. The van der Waals surface area contributed by atoms with E-state index in [1.807, 2.05) is 13.0 Å². The van der Waals surface area contributed by atoms with Crippen molar-refractivity contribution in [3.63, 3.8) is 0 Å². The van der Waals surface area contributed by atoms with Crippen molar-refractivity contribution in [2.24, 2.45) is 0 Å². The molecule has 8 heteroatoms. The lowest BCUT2D eigenvalue weighted by Gasteiger charge is -2.40. The van der Waals surface area contributed by atoms with E-state index >= 15 is 0 Å². The summed E-state index contributed by atoms with van der Waals surface area (Å²) < 4.78 is 6.73. The molecule has 2 aromatic rings. The Labute approximate surface area is 158 Å². The highest BCUT2D eigenvalue weighted by Gasteiger charge is 2.44. The molecule has 0 aromatic carbocycles. The summed E-state index contributed by atoms with van der Waals surface area (Å²) in [5.74, 6) is -0.149. The normalized spacial score (nSPS) is 16.1. The second-order valence-electron chi connectivity index (χ2n) is 6.71. The minimum atomic E-state index is -0.792. The minimum Gasteiger partial charge on any atom is -0.383 e. The summed E-state index contributed by atoms with van der Waals surface area (Å²) in [5.41, 5.74) is 0.645. The number of pyridine rings is 1. The van der Waals surface area contributed by atoms with Crippen LogP contribution in [-0.4, -0.2) is 64.8 Å². The predicted molar refractivity (Wildman–Crippen MR) is 99.2 cm³/mol. The molecule has 1 N–H and O–H groups in total. The summed E-state index contributed by atoms with van der Waals surface area (Å²) in [4.78, 5) is 31.6. The van der Waals surface area contributed by atoms with Crippen LogP contribution in [0.25, 0.3) is 0 Å². The molecular weight excluding hydrogens is 346 g/mol. The quantitative estimate of drug-likeness (QED) is 0.765. The molecule has 144 valence electrons. The number of nitrogens with zero attached hydrogens (tertiary/aromatic N) is 4. The Morgan fingerprint density at radius 1 is 1.30 bits per heavy atom. The van der Waals surface area contributed by atoms with Crippen molar-refractivity contribution < 1.29 is 14.3 Å². The first-order valence-electron chi connectivity index (χ1n) is 9.06. The van der Waals surface area contributed by atoms with Gasteiger partial charge in [0.2, 0.25) is 5.91 Å². The number of rotatable bonds is 6. The van der Waals surface area contributed by atoms with E-state index in [2.05, 4.69) is 15.4 Å².